The molecule has 0 spiro atoms. The van der Waals surface area contributed by atoms with Gasteiger partial charge in [-0.3, -0.25) is 9.78 Å². The monoisotopic (exact) mass is 371 g/mol. The first-order valence-electron chi connectivity index (χ1n) is 9.66. The summed E-state index contributed by atoms with van der Waals surface area (Å²) in [5, 5.41) is 4.58. The maximum Gasteiger partial charge on any atom is 0.274 e. The minimum atomic E-state index is 0.0248. The van der Waals surface area contributed by atoms with Gasteiger partial charge in [-0.05, 0) is 66.8 Å². The van der Waals surface area contributed by atoms with Crippen LogP contribution in [-0.4, -0.2) is 43.1 Å². The van der Waals surface area contributed by atoms with Crippen LogP contribution in [0.25, 0.3) is 22.5 Å². The van der Waals surface area contributed by atoms with E-state index in [0.717, 1.165) is 48.4 Å². The van der Waals surface area contributed by atoms with Gasteiger partial charge in [0, 0.05) is 43.4 Å². The van der Waals surface area contributed by atoms with Crippen LogP contribution in [0.15, 0.2) is 67.3 Å². The van der Waals surface area contributed by atoms with Crippen LogP contribution in [0.5, 0.6) is 0 Å². The molecule has 28 heavy (non-hydrogen) atoms. The first-order chi connectivity index (χ1) is 13.8. The number of aromatic nitrogens is 4. The van der Waals surface area contributed by atoms with Gasteiger partial charge >= 0.3 is 0 Å². The Morgan fingerprint density at radius 3 is 2.46 bits per heavy atom. The van der Waals surface area contributed by atoms with E-state index in [2.05, 4.69) is 38.9 Å². The number of hydrogen-bond donors (Lipinski definition) is 0. The zero-order valence-electron chi connectivity index (χ0n) is 15.5. The smallest absolute Gasteiger partial charge is 0.274 e. The number of amides is 1. The number of fused-ring (bicyclic) bond motifs is 1. The Kier molecular flexibility index (Phi) is 4.16. The Hall–Kier alpha value is -3.41. The van der Waals surface area contributed by atoms with Crippen LogP contribution in [0.4, 0.5) is 0 Å². The highest BCUT2D eigenvalue weighted by molar-refractivity contribution is 5.92. The Bertz CT molecular complexity index is 1120. The predicted molar refractivity (Wildman–Crippen MR) is 108 cm³/mol. The van der Waals surface area contributed by atoms with Gasteiger partial charge in [0.15, 0.2) is 5.69 Å². The molecule has 6 nitrogen and oxygen atoms in total. The molecule has 0 N–H and O–H groups in total. The SMILES string of the molecule is O=C(c1ccn(-c2ccc3ccc(-c4ccncc4)cn23)n1)N1CCCCC1. The summed E-state index contributed by atoms with van der Waals surface area (Å²) in [7, 11) is 0. The van der Waals surface area contributed by atoms with E-state index in [4.69, 9.17) is 0 Å². The van der Waals surface area contributed by atoms with Crippen molar-refractivity contribution in [1.29, 1.82) is 0 Å². The lowest BCUT2D eigenvalue weighted by Gasteiger charge is -2.25. The molecule has 6 heteroatoms. The summed E-state index contributed by atoms with van der Waals surface area (Å²) in [6.45, 7) is 1.66. The van der Waals surface area contributed by atoms with Crippen molar-refractivity contribution in [3.8, 4) is 16.9 Å². The van der Waals surface area contributed by atoms with Crippen molar-refractivity contribution in [1.82, 2.24) is 24.1 Å². The van der Waals surface area contributed by atoms with Crippen LogP contribution in [0, 0.1) is 0 Å². The number of nitrogens with zero attached hydrogens (tertiary/aromatic N) is 5. The van der Waals surface area contributed by atoms with Gasteiger partial charge in [0.1, 0.15) is 5.82 Å². The van der Waals surface area contributed by atoms with E-state index >= 15 is 0 Å². The summed E-state index contributed by atoms with van der Waals surface area (Å²) in [6, 6.07) is 14.1. The molecule has 1 fully saturated rings. The fourth-order valence-corrected chi connectivity index (χ4v) is 3.81. The second-order valence-electron chi connectivity index (χ2n) is 7.14. The Morgan fingerprint density at radius 2 is 1.64 bits per heavy atom. The van der Waals surface area contributed by atoms with Gasteiger partial charge in [-0.25, -0.2) is 4.68 Å². The molecule has 1 amide bonds. The molecule has 5 rings (SSSR count). The second-order valence-corrected chi connectivity index (χ2v) is 7.14. The lowest BCUT2D eigenvalue weighted by atomic mass is 10.1. The minimum Gasteiger partial charge on any atom is -0.337 e. The molecule has 5 heterocycles. The summed E-state index contributed by atoms with van der Waals surface area (Å²) in [6.07, 6.45) is 10.9. The molecule has 1 aliphatic heterocycles. The number of hydrogen-bond acceptors (Lipinski definition) is 3. The molecule has 0 aromatic carbocycles. The van der Waals surface area contributed by atoms with E-state index in [0.29, 0.717) is 5.69 Å². The summed E-state index contributed by atoms with van der Waals surface area (Å²) in [4.78, 5) is 18.7. The molecule has 0 aliphatic carbocycles. The van der Waals surface area contributed by atoms with Crippen LogP contribution in [-0.2, 0) is 0 Å². The Labute approximate surface area is 163 Å². The molecule has 0 saturated carbocycles. The van der Waals surface area contributed by atoms with E-state index in [9.17, 15) is 4.79 Å². The highest BCUT2D eigenvalue weighted by Gasteiger charge is 2.20. The topological polar surface area (TPSA) is 55.4 Å². The molecule has 4 aromatic rings. The van der Waals surface area contributed by atoms with Crippen LogP contribution in [0.3, 0.4) is 0 Å². The van der Waals surface area contributed by atoms with Gasteiger partial charge in [0.05, 0.1) is 0 Å². The maximum absolute atomic E-state index is 12.7. The average Bonchev–Trinajstić information content (AvgIpc) is 3.41. The summed E-state index contributed by atoms with van der Waals surface area (Å²) in [5.41, 5.74) is 3.79. The van der Waals surface area contributed by atoms with Crippen molar-refractivity contribution in [3.63, 3.8) is 0 Å². The van der Waals surface area contributed by atoms with E-state index in [1.807, 2.05) is 35.4 Å². The van der Waals surface area contributed by atoms with Crippen molar-refractivity contribution in [2.75, 3.05) is 13.1 Å². The zero-order valence-corrected chi connectivity index (χ0v) is 15.5. The third kappa shape index (κ3) is 2.97. The molecular weight excluding hydrogens is 350 g/mol. The fraction of sp³-hybridized carbons (Fsp3) is 0.227. The van der Waals surface area contributed by atoms with Crippen molar-refractivity contribution in [3.05, 3.63) is 72.9 Å². The van der Waals surface area contributed by atoms with Crippen LogP contribution < -0.4 is 0 Å². The van der Waals surface area contributed by atoms with Crippen molar-refractivity contribution in [2.45, 2.75) is 19.3 Å². The molecule has 4 aromatic heterocycles. The standard InChI is InChI=1S/C22H21N5O/c28-22(25-13-2-1-3-14-25)20-10-15-27(24-20)21-7-6-19-5-4-18(16-26(19)21)17-8-11-23-12-9-17/h4-12,15-16H,1-3,13-14H2. The number of carbonyl (C=O) groups excluding carboxylic acids is 1. The van der Waals surface area contributed by atoms with Crippen molar-refractivity contribution in [2.24, 2.45) is 0 Å². The van der Waals surface area contributed by atoms with Gasteiger partial charge in [-0.1, -0.05) is 6.07 Å². The van der Waals surface area contributed by atoms with Gasteiger partial charge in [0.25, 0.3) is 5.91 Å². The highest BCUT2D eigenvalue weighted by atomic mass is 16.2. The molecule has 0 atom stereocenters. The highest BCUT2D eigenvalue weighted by Crippen LogP contribution is 2.22. The molecule has 0 bridgehead atoms. The molecule has 0 radical (unpaired) electrons. The summed E-state index contributed by atoms with van der Waals surface area (Å²) < 4.78 is 3.87. The number of pyridine rings is 2. The lowest BCUT2D eigenvalue weighted by molar-refractivity contribution is 0.0718. The van der Waals surface area contributed by atoms with Crippen LogP contribution in [0.2, 0.25) is 0 Å². The summed E-state index contributed by atoms with van der Waals surface area (Å²) >= 11 is 0. The number of carbonyl (C=O) groups is 1. The summed E-state index contributed by atoms with van der Waals surface area (Å²) in [5.74, 6) is 0.931. The van der Waals surface area contributed by atoms with Gasteiger partial charge < -0.3 is 9.30 Å². The largest absolute Gasteiger partial charge is 0.337 e. The first kappa shape index (κ1) is 16.7. The maximum atomic E-state index is 12.7. The van der Waals surface area contributed by atoms with Crippen LogP contribution in [0.1, 0.15) is 29.8 Å². The van der Waals surface area contributed by atoms with Gasteiger partial charge in [0.2, 0.25) is 0 Å². The van der Waals surface area contributed by atoms with Crippen LogP contribution >= 0.6 is 0 Å². The fourth-order valence-electron chi connectivity index (χ4n) is 3.81. The van der Waals surface area contributed by atoms with E-state index < -0.39 is 0 Å². The molecule has 140 valence electrons. The average molecular weight is 371 g/mol. The quantitative estimate of drug-likeness (QED) is 0.550. The minimum absolute atomic E-state index is 0.0248. The molecule has 1 aliphatic rings. The van der Waals surface area contributed by atoms with E-state index in [-0.39, 0.29) is 5.91 Å². The number of rotatable bonds is 3. The predicted octanol–water partition coefficient (Wildman–Crippen LogP) is 3.81. The van der Waals surface area contributed by atoms with Crippen molar-refractivity contribution < 1.29 is 4.79 Å². The van der Waals surface area contributed by atoms with Gasteiger partial charge in [-0.2, -0.15) is 5.10 Å². The normalized spacial score (nSPS) is 14.5. The Morgan fingerprint density at radius 1 is 0.857 bits per heavy atom. The molecule has 1 saturated heterocycles. The second kappa shape index (κ2) is 6.96. The lowest BCUT2D eigenvalue weighted by Crippen LogP contribution is -2.35. The van der Waals surface area contributed by atoms with E-state index in [1.165, 1.54) is 6.42 Å². The van der Waals surface area contributed by atoms with Crippen molar-refractivity contribution >= 4 is 11.4 Å². The first-order valence-corrected chi connectivity index (χ1v) is 9.66. The number of likely N-dealkylation sites (tertiary alicyclic amines) is 1. The molecule has 0 unspecified atom stereocenters. The van der Waals surface area contributed by atoms with Gasteiger partial charge in [-0.15, -0.1) is 0 Å². The molecular formula is C22H21N5O. The number of piperidine rings is 1. The Balaban J connectivity index is 1.49. The third-order valence-electron chi connectivity index (χ3n) is 5.33. The van der Waals surface area contributed by atoms with E-state index in [1.54, 1.807) is 17.1 Å². The zero-order chi connectivity index (χ0) is 18.9. The third-order valence-corrected chi connectivity index (χ3v) is 5.33.